The minimum atomic E-state index is -0.790. The van der Waals surface area contributed by atoms with Crippen LogP contribution in [0.25, 0.3) is 22.0 Å². The van der Waals surface area contributed by atoms with E-state index >= 15 is 0 Å². The Bertz CT molecular complexity index is 1390. The van der Waals surface area contributed by atoms with Gasteiger partial charge in [-0.05, 0) is 31.0 Å². The molecular formula is C26H26FN7O. The summed E-state index contributed by atoms with van der Waals surface area (Å²) < 4.78 is 14.8. The Morgan fingerprint density at radius 3 is 2.71 bits per heavy atom. The molecule has 2 atom stereocenters. The van der Waals surface area contributed by atoms with E-state index in [0.717, 1.165) is 53.8 Å². The normalized spacial score (nSPS) is 17.8. The number of para-hydroxylation sites is 1. The van der Waals surface area contributed by atoms with Gasteiger partial charge < -0.3 is 22.1 Å². The monoisotopic (exact) mass is 471 g/mol. The zero-order valence-corrected chi connectivity index (χ0v) is 19.0. The van der Waals surface area contributed by atoms with Crippen LogP contribution >= 0.6 is 0 Å². The number of hydrogen-bond donors (Lipinski definition) is 4. The summed E-state index contributed by atoms with van der Waals surface area (Å²) in [5.41, 5.74) is 14.8. The Morgan fingerprint density at radius 1 is 1.06 bits per heavy atom. The molecule has 0 spiro atoms. The van der Waals surface area contributed by atoms with Crippen molar-refractivity contribution in [2.45, 2.75) is 37.8 Å². The number of aromatic nitrogens is 3. The van der Waals surface area contributed by atoms with Crippen LogP contribution in [0.3, 0.4) is 0 Å². The zero-order chi connectivity index (χ0) is 24.4. The molecule has 9 heteroatoms. The van der Waals surface area contributed by atoms with Gasteiger partial charge in [0, 0.05) is 41.0 Å². The second-order valence-corrected chi connectivity index (χ2v) is 8.75. The number of halogens is 1. The lowest BCUT2D eigenvalue weighted by Gasteiger charge is -2.30. The number of nitrogens with one attached hydrogen (secondary N) is 2. The maximum Gasteiger partial charge on any atom is 0.252 e. The predicted octanol–water partition coefficient (Wildman–Crippen LogP) is 4.36. The smallest absolute Gasteiger partial charge is 0.252 e. The molecule has 0 aliphatic heterocycles. The van der Waals surface area contributed by atoms with Crippen molar-refractivity contribution in [3.05, 3.63) is 72.4 Å². The van der Waals surface area contributed by atoms with Gasteiger partial charge in [0.2, 0.25) is 0 Å². The quantitative estimate of drug-likeness (QED) is 0.329. The van der Waals surface area contributed by atoms with Gasteiger partial charge in [-0.2, -0.15) is 0 Å². The van der Waals surface area contributed by atoms with E-state index in [0.29, 0.717) is 5.69 Å². The second kappa shape index (κ2) is 9.63. The standard InChI is InChI=1S/C26H26FN7O/c27-20-12-19(24(29)35)25(34-26(20)33-22-9-2-1-8-21(22)28)32-17-11-16(13-30-14-17)18-7-3-5-15-6-4-10-31-23(15)18/h3-7,10-14,21-22H,1-2,8-9,28H2,(H2,29,35)(H2,32,33,34)/t21-,22?/m0/s1. The third-order valence-corrected chi connectivity index (χ3v) is 6.33. The lowest BCUT2D eigenvalue weighted by atomic mass is 9.91. The number of primary amides is 1. The number of anilines is 3. The summed E-state index contributed by atoms with van der Waals surface area (Å²) in [7, 11) is 0. The number of nitrogens with zero attached hydrogens (tertiary/aromatic N) is 3. The average molecular weight is 472 g/mol. The Hall–Kier alpha value is -4.11. The molecule has 8 nitrogen and oxygen atoms in total. The van der Waals surface area contributed by atoms with Crippen molar-refractivity contribution in [1.82, 2.24) is 15.0 Å². The lowest BCUT2D eigenvalue weighted by molar-refractivity contribution is 0.100. The fourth-order valence-electron chi connectivity index (χ4n) is 4.52. The first kappa shape index (κ1) is 22.7. The molecule has 0 radical (unpaired) electrons. The second-order valence-electron chi connectivity index (χ2n) is 8.75. The van der Waals surface area contributed by atoms with E-state index < -0.39 is 11.7 Å². The van der Waals surface area contributed by atoms with E-state index in [-0.39, 0.29) is 29.3 Å². The molecule has 35 heavy (non-hydrogen) atoms. The minimum Gasteiger partial charge on any atom is -0.365 e. The highest BCUT2D eigenvalue weighted by Crippen LogP contribution is 2.30. The Balaban J connectivity index is 1.49. The molecular weight excluding hydrogens is 445 g/mol. The maximum atomic E-state index is 14.8. The highest BCUT2D eigenvalue weighted by molar-refractivity contribution is 5.99. The first-order chi connectivity index (χ1) is 17.0. The number of pyridine rings is 3. The molecule has 1 unspecified atom stereocenters. The number of rotatable bonds is 6. The molecule has 1 amide bonds. The predicted molar refractivity (Wildman–Crippen MR) is 135 cm³/mol. The summed E-state index contributed by atoms with van der Waals surface area (Å²) >= 11 is 0. The number of benzene rings is 1. The van der Waals surface area contributed by atoms with Crippen LogP contribution in [-0.2, 0) is 0 Å². The molecule has 3 aromatic heterocycles. The van der Waals surface area contributed by atoms with Crippen LogP contribution in [0.5, 0.6) is 0 Å². The summed E-state index contributed by atoms with van der Waals surface area (Å²) in [5, 5.41) is 7.23. The summed E-state index contributed by atoms with van der Waals surface area (Å²) in [5.74, 6) is -1.28. The highest BCUT2D eigenvalue weighted by atomic mass is 19.1. The molecule has 1 aliphatic carbocycles. The Kier molecular flexibility index (Phi) is 6.24. The number of fused-ring (bicyclic) bond motifs is 1. The SMILES string of the molecule is NC(=O)c1cc(F)c(NC2CCCC[C@@H]2N)nc1Nc1cncc(-c2cccc3cccnc23)c1. The first-order valence-corrected chi connectivity index (χ1v) is 11.6. The molecule has 1 saturated carbocycles. The number of carbonyl (C=O) groups is 1. The summed E-state index contributed by atoms with van der Waals surface area (Å²) in [6.45, 7) is 0. The third-order valence-electron chi connectivity index (χ3n) is 6.33. The van der Waals surface area contributed by atoms with Crippen molar-refractivity contribution in [3.8, 4) is 11.1 Å². The van der Waals surface area contributed by atoms with Crippen molar-refractivity contribution >= 4 is 34.1 Å². The summed E-state index contributed by atoms with van der Waals surface area (Å²) in [4.78, 5) is 25.3. The molecule has 4 aromatic rings. The van der Waals surface area contributed by atoms with Crippen LogP contribution in [0, 0.1) is 5.82 Å². The van der Waals surface area contributed by atoms with Gasteiger partial charge in [0.25, 0.3) is 5.91 Å². The van der Waals surface area contributed by atoms with Crippen LogP contribution < -0.4 is 22.1 Å². The lowest BCUT2D eigenvalue weighted by Crippen LogP contribution is -2.43. The van der Waals surface area contributed by atoms with E-state index in [1.54, 1.807) is 18.6 Å². The van der Waals surface area contributed by atoms with Gasteiger partial charge in [-0.25, -0.2) is 9.37 Å². The van der Waals surface area contributed by atoms with Crippen molar-refractivity contribution in [3.63, 3.8) is 0 Å². The van der Waals surface area contributed by atoms with E-state index in [1.165, 1.54) is 0 Å². The van der Waals surface area contributed by atoms with Gasteiger partial charge in [0.05, 0.1) is 23.0 Å². The Labute approximate surface area is 202 Å². The van der Waals surface area contributed by atoms with E-state index in [1.807, 2.05) is 36.4 Å². The van der Waals surface area contributed by atoms with Gasteiger partial charge in [0.1, 0.15) is 5.82 Å². The van der Waals surface area contributed by atoms with Gasteiger partial charge >= 0.3 is 0 Å². The summed E-state index contributed by atoms with van der Waals surface area (Å²) in [6, 6.07) is 12.6. The summed E-state index contributed by atoms with van der Waals surface area (Å²) in [6.07, 6.45) is 8.84. The molecule has 178 valence electrons. The van der Waals surface area contributed by atoms with Gasteiger partial charge in [0.15, 0.2) is 11.6 Å². The molecule has 5 rings (SSSR count). The molecule has 1 aromatic carbocycles. The number of nitrogens with two attached hydrogens (primary N) is 2. The molecule has 6 N–H and O–H groups in total. The van der Waals surface area contributed by atoms with Crippen molar-refractivity contribution < 1.29 is 9.18 Å². The fraction of sp³-hybridized carbons (Fsp3) is 0.231. The van der Waals surface area contributed by atoms with E-state index in [9.17, 15) is 9.18 Å². The number of carbonyl (C=O) groups excluding carboxylic acids is 1. The highest BCUT2D eigenvalue weighted by Gasteiger charge is 2.24. The van der Waals surface area contributed by atoms with Gasteiger partial charge in [-0.1, -0.05) is 37.1 Å². The van der Waals surface area contributed by atoms with Crippen LogP contribution in [-0.4, -0.2) is 32.9 Å². The largest absolute Gasteiger partial charge is 0.365 e. The molecule has 0 bridgehead atoms. The van der Waals surface area contributed by atoms with Gasteiger partial charge in [-0.3, -0.25) is 14.8 Å². The van der Waals surface area contributed by atoms with Crippen molar-refractivity contribution in [2.24, 2.45) is 11.5 Å². The molecule has 1 fully saturated rings. The first-order valence-electron chi connectivity index (χ1n) is 11.6. The van der Waals surface area contributed by atoms with Gasteiger partial charge in [-0.15, -0.1) is 0 Å². The topological polar surface area (TPSA) is 132 Å². The zero-order valence-electron chi connectivity index (χ0n) is 19.0. The van der Waals surface area contributed by atoms with Crippen molar-refractivity contribution in [2.75, 3.05) is 10.6 Å². The molecule has 1 aliphatic rings. The molecule has 3 heterocycles. The number of amides is 1. The van der Waals surface area contributed by atoms with Crippen LogP contribution in [0.15, 0.2) is 61.1 Å². The van der Waals surface area contributed by atoms with Crippen LogP contribution in [0.2, 0.25) is 0 Å². The molecule has 0 saturated heterocycles. The minimum absolute atomic E-state index is 0.0298. The van der Waals surface area contributed by atoms with Crippen LogP contribution in [0.4, 0.5) is 21.7 Å². The third kappa shape index (κ3) is 4.76. The van der Waals surface area contributed by atoms with Crippen molar-refractivity contribution in [1.29, 1.82) is 0 Å². The maximum absolute atomic E-state index is 14.8. The van der Waals surface area contributed by atoms with Crippen LogP contribution in [0.1, 0.15) is 36.0 Å². The Morgan fingerprint density at radius 2 is 1.89 bits per heavy atom. The van der Waals surface area contributed by atoms with E-state index in [4.69, 9.17) is 11.5 Å². The number of hydrogen-bond acceptors (Lipinski definition) is 7. The average Bonchev–Trinajstić information content (AvgIpc) is 2.87. The van der Waals surface area contributed by atoms with E-state index in [2.05, 4.69) is 25.6 Å². The fourth-order valence-corrected chi connectivity index (χ4v) is 4.52.